The number of ether oxygens (including phenoxy) is 1. The van der Waals surface area contributed by atoms with Crippen LogP contribution in [0.2, 0.25) is 0 Å². The normalized spacial score (nSPS) is 11.3. The van der Waals surface area contributed by atoms with Gasteiger partial charge in [0.2, 0.25) is 0 Å². The van der Waals surface area contributed by atoms with E-state index in [1.54, 1.807) is 11.1 Å². The Balaban J connectivity index is 2.12. The average molecular weight is 370 g/mol. The lowest BCUT2D eigenvalue weighted by atomic mass is 10.2. The van der Waals surface area contributed by atoms with Gasteiger partial charge in [-0.1, -0.05) is 12.1 Å². The summed E-state index contributed by atoms with van der Waals surface area (Å²) in [4.78, 5) is 23.3. The van der Waals surface area contributed by atoms with Crippen LogP contribution in [0.15, 0.2) is 42.6 Å². The number of amides is 1. The molecule has 2 N–H and O–H groups in total. The number of anilines is 1. The summed E-state index contributed by atoms with van der Waals surface area (Å²) < 4.78 is 5.59. The third kappa shape index (κ3) is 7.35. The van der Waals surface area contributed by atoms with Gasteiger partial charge in [-0.2, -0.15) is 0 Å². The first kappa shape index (κ1) is 20.8. The van der Waals surface area contributed by atoms with Gasteiger partial charge in [0.1, 0.15) is 11.4 Å². The maximum Gasteiger partial charge on any atom is 0.416 e. The van der Waals surface area contributed by atoms with E-state index in [1.165, 1.54) is 0 Å². The van der Waals surface area contributed by atoms with E-state index in [1.807, 2.05) is 57.2 Å². The largest absolute Gasteiger partial charge is 0.443 e. The van der Waals surface area contributed by atoms with Crippen LogP contribution in [-0.4, -0.2) is 34.8 Å². The molecule has 2 rings (SSSR count). The summed E-state index contributed by atoms with van der Waals surface area (Å²) in [5.41, 5.74) is 6.97. The SMILES string of the molecule is CC(C)(C)OC(=O)N(CCCc1ccccn1)c1cccc(CCCN)n1. The molecule has 0 atom stereocenters. The van der Waals surface area contributed by atoms with Crippen molar-refractivity contribution in [2.24, 2.45) is 5.73 Å². The monoisotopic (exact) mass is 370 g/mol. The fourth-order valence-corrected chi connectivity index (χ4v) is 2.62. The van der Waals surface area contributed by atoms with Gasteiger partial charge in [0.05, 0.1) is 0 Å². The highest BCUT2D eigenvalue weighted by molar-refractivity contribution is 5.86. The highest BCUT2D eigenvalue weighted by Crippen LogP contribution is 2.18. The third-order valence-electron chi connectivity index (χ3n) is 3.86. The van der Waals surface area contributed by atoms with E-state index in [0.29, 0.717) is 18.9 Å². The predicted molar refractivity (Wildman–Crippen MR) is 108 cm³/mol. The van der Waals surface area contributed by atoms with Crippen LogP contribution < -0.4 is 10.6 Å². The van der Waals surface area contributed by atoms with Crippen LogP contribution in [0.4, 0.5) is 10.6 Å². The molecule has 0 bridgehead atoms. The number of nitrogens with two attached hydrogens (primary N) is 1. The van der Waals surface area contributed by atoms with Gasteiger partial charge in [-0.25, -0.2) is 9.78 Å². The third-order valence-corrected chi connectivity index (χ3v) is 3.86. The zero-order chi connectivity index (χ0) is 19.7. The number of nitrogens with zero attached hydrogens (tertiary/aromatic N) is 3. The second-order valence-corrected chi connectivity index (χ2v) is 7.44. The first-order valence-corrected chi connectivity index (χ1v) is 9.45. The van der Waals surface area contributed by atoms with E-state index < -0.39 is 5.60 Å². The molecule has 0 saturated heterocycles. The Labute approximate surface area is 161 Å². The van der Waals surface area contributed by atoms with Gasteiger partial charge in [0.25, 0.3) is 0 Å². The molecule has 2 aromatic rings. The molecule has 0 aromatic carbocycles. The minimum absolute atomic E-state index is 0.382. The van der Waals surface area contributed by atoms with Crippen LogP contribution in [0, 0.1) is 0 Å². The van der Waals surface area contributed by atoms with Crippen LogP contribution >= 0.6 is 0 Å². The average Bonchev–Trinajstić information content (AvgIpc) is 2.63. The maximum absolute atomic E-state index is 12.8. The summed E-state index contributed by atoms with van der Waals surface area (Å²) in [6.45, 7) is 6.72. The maximum atomic E-state index is 12.8. The van der Waals surface area contributed by atoms with Gasteiger partial charge in [-0.3, -0.25) is 9.88 Å². The molecule has 6 nitrogen and oxygen atoms in total. The van der Waals surface area contributed by atoms with Crippen molar-refractivity contribution >= 4 is 11.9 Å². The van der Waals surface area contributed by atoms with E-state index in [-0.39, 0.29) is 6.09 Å². The summed E-state index contributed by atoms with van der Waals surface area (Å²) in [5.74, 6) is 0.611. The molecular weight excluding hydrogens is 340 g/mol. The number of hydrogen-bond donors (Lipinski definition) is 1. The molecule has 0 radical (unpaired) electrons. The first-order chi connectivity index (χ1) is 12.9. The van der Waals surface area contributed by atoms with E-state index in [4.69, 9.17) is 10.5 Å². The first-order valence-electron chi connectivity index (χ1n) is 9.45. The number of aryl methyl sites for hydroxylation is 2. The molecule has 0 aliphatic heterocycles. The van der Waals surface area contributed by atoms with Crippen molar-refractivity contribution in [2.75, 3.05) is 18.0 Å². The van der Waals surface area contributed by atoms with E-state index in [9.17, 15) is 4.79 Å². The number of carbonyl (C=O) groups is 1. The lowest BCUT2D eigenvalue weighted by Crippen LogP contribution is -2.38. The van der Waals surface area contributed by atoms with Crippen LogP contribution in [-0.2, 0) is 17.6 Å². The summed E-state index contributed by atoms with van der Waals surface area (Å²) in [6, 6.07) is 11.6. The number of aromatic nitrogens is 2. The summed E-state index contributed by atoms with van der Waals surface area (Å²) in [5, 5.41) is 0. The van der Waals surface area contributed by atoms with Crippen molar-refractivity contribution in [3.8, 4) is 0 Å². The Hall–Kier alpha value is -2.47. The van der Waals surface area contributed by atoms with E-state index in [2.05, 4.69) is 9.97 Å². The Morgan fingerprint density at radius 3 is 2.48 bits per heavy atom. The molecule has 2 aromatic heterocycles. The fourth-order valence-electron chi connectivity index (χ4n) is 2.62. The second-order valence-electron chi connectivity index (χ2n) is 7.44. The highest BCUT2D eigenvalue weighted by atomic mass is 16.6. The topological polar surface area (TPSA) is 81.3 Å². The molecule has 1 amide bonds. The molecule has 0 aliphatic carbocycles. The lowest BCUT2D eigenvalue weighted by Gasteiger charge is -2.27. The number of rotatable bonds is 8. The number of hydrogen-bond acceptors (Lipinski definition) is 5. The Kier molecular flexibility index (Phi) is 7.73. The van der Waals surface area contributed by atoms with Gasteiger partial charge in [-0.15, -0.1) is 0 Å². The van der Waals surface area contributed by atoms with Gasteiger partial charge >= 0.3 is 6.09 Å². The second kappa shape index (κ2) is 10.0. The van der Waals surface area contributed by atoms with Gasteiger partial charge in [-0.05, 0) is 77.3 Å². The summed E-state index contributed by atoms with van der Waals surface area (Å²) >= 11 is 0. The van der Waals surface area contributed by atoms with Crippen molar-refractivity contribution in [3.05, 3.63) is 54.0 Å². The number of carbonyl (C=O) groups excluding carboxylic acids is 1. The number of pyridine rings is 2. The van der Waals surface area contributed by atoms with Gasteiger partial charge < -0.3 is 10.5 Å². The lowest BCUT2D eigenvalue weighted by molar-refractivity contribution is 0.0578. The zero-order valence-corrected chi connectivity index (χ0v) is 16.5. The molecule has 0 spiro atoms. The Morgan fingerprint density at radius 1 is 1.07 bits per heavy atom. The van der Waals surface area contributed by atoms with Crippen molar-refractivity contribution < 1.29 is 9.53 Å². The molecular formula is C21H30N4O2. The van der Waals surface area contributed by atoms with Gasteiger partial charge in [0.15, 0.2) is 0 Å². The van der Waals surface area contributed by atoms with E-state index in [0.717, 1.165) is 37.1 Å². The molecule has 27 heavy (non-hydrogen) atoms. The fraction of sp³-hybridized carbons (Fsp3) is 0.476. The molecule has 0 fully saturated rings. The van der Waals surface area contributed by atoms with Crippen LogP contribution in [0.3, 0.4) is 0 Å². The summed E-state index contributed by atoms with van der Waals surface area (Å²) in [7, 11) is 0. The van der Waals surface area contributed by atoms with Crippen molar-refractivity contribution in [1.82, 2.24) is 9.97 Å². The molecule has 0 saturated carbocycles. The van der Waals surface area contributed by atoms with Crippen LogP contribution in [0.5, 0.6) is 0 Å². The van der Waals surface area contributed by atoms with Crippen molar-refractivity contribution in [1.29, 1.82) is 0 Å². The molecule has 2 heterocycles. The minimum atomic E-state index is -0.562. The molecule has 0 aliphatic rings. The van der Waals surface area contributed by atoms with Crippen molar-refractivity contribution in [3.63, 3.8) is 0 Å². The van der Waals surface area contributed by atoms with Crippen LogP contribution in [0.25, 0.3) is 0 Å². The van der Waals surface area contributed by atoms with Gasteiger partial charge in [0, 0.05) is 24.1 Å². The van der Waals surface area contributed by atoms with Crippen molar-refractivity contribution in [2.45, 2.75) is 52.1 Å². The predicted octanol–water partition coefficient (Wildman–Crippen LogP) is 3.74. The molecule has 0 unspecified atom stereocenters. The minimum Gasteiger partial charge on any atom is -0.443 e. The Bertz CT molecular complexity index is 714. The Morgan fingerprint density at radius 2 is 1.81 bits per heavy atom. The molecule has 146 valence electrons. The highest BCUT2D eigenvalue weighted by Gasteiger charge is 2.24. The summed E-state index contributed by atoms with van der Waals surface area (Å²) in [6.07, 6.45) is 4.61. The van der Waals surface area contributed by atoms with Crippen LogP contribution in [0.1, 0.15) is 45.0 Å². The quantitative estimate of drug-likeness (QED) is 0.765. The zero-order valence-electron chi connectivity index (χ0n) is 16.5. The van der Waals surface area contributed by atoms with E-state index >= 15 is 0 Å². The smallest absolute Gasteiger partial charge is 0.416 e. The molecule has 6 heteroatoms. The standard InChI is InChI=1S/C21H30N4O2/c1-21(2,3)27-20(26)25(16-8-12-17-9-4-5-15-23-17)19-13-6-10-18(24-19)11-7-14-22/h4-6,9-10,13,15H,7-8,11-12,14,16,22H2,1-3H3.